The van der Waals surface area contributed by atoms with Gasteiger partial charge >= 0.3 is 6.18 Å². The minimum atomic E-state index is -4.39. The van der Waals surface area contributed by atoms with Crippen molar-refractivity contribution in [2.24, 2.45) is 5.73 Å². The lowest BCUT2D eigenvalue weighted by atomic mass is 10.1. The molecular weight excluding hydrogens is 213 g/mol. The smallest absolute Gasteiger partial charge is 0.393 e. The van der Waals surface area contributed by atoms with E-state index in [1.807, 2.05) is 0 Å². The van der Waals surface area contributed by atoms with E-state index in [-0.39, 0.29) is 17.0 Å². The molecule has 0 atom stereocenters. The third-order valence-electron chi connectivity index (χ3n) is 1.57. The van der Waals surface area contributed by atoms with Gasteiger partial charge in [-0.2, -0.15) is 13.2 Å². The van der Waals surface area contributed by atoms with Crippen LogP contribution in [0.3, 0.4) is 0 Å². The highest BCUT2D eigenvalue weighted by Crippen LogP contribution is 2.31. The molecule has 0 bridgehead atoms. The molecule has 2 nitrogen and oxygen atoms in total. The standard InChI is InChI=1S/C8H7F3N2S/c9-8(10,11)6-1-2-13-4-5(6)3-7(12)14/h1-2,4H,3H2,(H2,12,14). The Hall–Kier alpha value is -1.17. The Kier molecular flexibility index (Phi) is 3.05. The van der Waals surface area contributed by atoms with Crippen molar-refractivity contribution in [2.45, 2.75) is 12.6 Å². The molecule has 0 radical (unpaired) electrons. The monoisotopic (exact) mass is 220 g/mol. The van der Waals surface area contributed by atoms with E-state index < -0.39 is 11.7 Å². The van der Waals surface area contributed by atoms with Crippen LogP contribution in [0.25, 0.3) is 0 Å². The highest BCUT2D eigenvalue weighted by atomic mass is 32.1. The van der Waals surface area contributed by atoms with Crippen molar-refractivity contribution in [1.29, 1.82) is 0 Å². The Morgan fingerprint density at radius 1 is 1.50 bits per heavy atom. The minimum Gasteiger partial charge on any atom is -0.393 e. The topological polar surface area (TPSA) is 38.9 Å². The number of thiocarbonyl (C=S) groups is 1. The molecule has 0 amide bonds. The van der Waals surface area contributed by atoms with Crippen LogP contribution in [-0.2, 0) is 12.6 Å². The number of hydrogen-bond donors (Lipinski definition) is 1. The number of nitrogens with two attached hydrogens (primary N) is 1. The molecule has 1 aromatic rings. The molecule has 1 heterocycles. The molecule has 0 saturated carbocycles. The zero-order chi connectivity index (χ0) is 10.8. The van der Waals surface area contributed by atoms with E-state index in [1.165, 1.54) is 0 Å². The van der Waals surface area contributed by atoms with Gasteiger partial charge in [-0.15, -0.1) is 0 Å². The van der Waals surface area contributed by atoms with Crippen LogP contribution in [0.5, 0.6) is 0 Å². The van der Waals surface area contributed by atoms with E-state index in [4.69, 9.17) is 5.73 Å². The first kappa shape index (κ1) is 10.9. The van der Waals surface area contributed by atoms with Crippen molar-refractivity contribution < 1.29 is 13.2 Å². The average molecular weight is 220 g/mol. The number of alkyl halides is 3. The summed E-state index contributed by atoms with van der Waals surface area (Å²) < 4.78 is 37.2. The predicted molar refractivity (Wildman–Crippen MR) is 49.7 cm³/mol. The first-order valence-corrected chi connectivity index (χ1v) is 4.10. The largest absolute Gasteiger partial charge is 0.416 e. The molecule has 0 spiro atoms. The maximum Gasteiger partial charge on any atom is 0.416 e. The minimum absolute atomic E-state index is 0.00694. The van der Waals surface area contributed by atoms with Gasteiger partial charge in [0.15, 0.2) is 0 Å². The molecule has 2 N–H and O–H groups in total. The number of rotatable bonds is 2. The molecule has 1 aromatic heterocycles. The Morgan fingerprint density at radius 3 is 2.64 bits per heavy atom. The molecule has 14 heavy (non-hydrogen) atoms. The van der Waals surface area contributed by atoms with Crippen LogP contribution in [0, 0.1) is 0 Å². The third kappa shape index (κ3) is 2.66. The maximum absolute atomic E-state index is 12.4. The number of aromatic nitrogens is 1. The summed E-state index contributed by atoms with van der Waals surface area (Å²) in [5, 5.41) is 0. The summed E-state index contributed by atoms with van der Waals surface area (Å²) in [6, 6.07) is 0.910. The molecule has 0 unspecified atom stereocenters. The van der Waals surface area contributed by atoms with Crippen LogP contribution in [0.2, 0.25) is 0 Å². The van der Waals surface area contributed by atoms with Crippen LogP contribution in [-0.4, -0.2) is 9.97 Å². The second-order valence-electron chi connectivity index (χ2n) is 2.67. The number of nitrogens with zero attached hydrogens (tertiary/aromatic N) is 1. The lowest BCUT2D eigenvalue weighted by Crippen LogP contribution is -2.16. The summed E-state index contributed by atoms with van der Waals surface area (Å²) in [4.78, 5) is 3.61. The van der Waals surface area contributed by atoms with Crippen molar-refractivity contribution in [3.63, 3.8) is 0 Å². The Bertz CT molecular complexity index is 349. The number of hydrogen-bond acceptors (Lipinski definition) is 2. The molecule has 1 rings (SSSR count). The first-order chi connectivity index (χ1) is 6.41. The van der Waals surface area contributed by atoms with Gasteiger partial charge in [-0.25, -0.2) is 0 Å². The Morgan fingerprint density at radius 2 is 2.14 bits per heavy atom. The molecule has 0 saturated heterocycles. The quantitative estimate of drug-likeness (QED) is 0.774. The second-order valence-corrected chi connectivity index (χ2v) is 3.20. The maximum atomic E-state index is 12.4. The SMILES string of the molecule is NC(=S)Cc1cnccc1C(F)(F)F. The second kappa shape index (κ2) is 3.91. The molecule has 0 aliphatic heterocycles. The van der Waals surface area contributed by atoms with E-state index in [0.717, 1.165) is 18.5 Å². The van der Waals surface area contributed by atoms with Crippen LogP contribution in [0.1, 0.15) is 11.1 Å². The van der Waals surface area contributed by atoms with Gasteiger partial charge < -0.3 is 5.73 Å². The van der Waals surface area contributed by atoms with Gasteiger partial charge in [-0.1, -0.05) is 12.2 Å². The summed E-state index contributed by atoms with van der Waals surface area (Å²) in [5.41, 5.74) is 4.44. The zero-order valence-corrected chi connectivity index (χ0v) is 7.82. The fourth-order valence-electron chi connectivity index (χ4n) is 1.03. The Balaban J connectivity index is 3.10. The number of halogens is 3. The summed E-state index contributed by atoms with van der Waals surface area (Å²) in [5.74, 6) is 0. The number of pyridine rings is 1. The molecule has 76 valence electrons. The average Bonchev–Trinajstić information content (AvgIpc) is 2.01. The van der Waals surface area contributed by atoms with Crippen LogP contribution < -0.4 is 5.73 Å². The summed E-state index contributed by atoms with van der Waals surface area (Å²) in [7, 11) is 0. The summed E-state index contributed by atoms with van der Waals surface area (Å²) in [6.07, 6.45) is -2.26. The lowest BCUT2D eigenvalue weighted by Gasteiger charge is -2.10. The molecule has 0 fully saturated rings. The van der Waals surface area contributed by atoms with Gasteiger partial charge in [0, 0.05) is 18.8 Å². The van der Waals surface area contributed by atoms with Crippen molar-refractivity contribution in [3.05, 3.63) is 29.6 Å². The van der Waals surface area contributed by atoms with E-state index in [9.17, 15) is 13.2 Å². The van der Waals surface area contributed by atoms with Crippen molar-refractivity contribution in [1.82, 2.24) is 4.98 Å². The van der Waals surface area contributed by atoms with Gasteiger partial charge in [0.2, 0.25) is 0 Å². The normalized spacial score (nSPS) is 11.4. The fraction of sp³-hybridized carbons (Fsp3) is 0.250. The van der Waals surface area contributed by atoms with Crippen LogP contribution in [0.15, 0.2) is 18.5 Å². The van der Waals surface area contributed by atoms with Gasteiger partial charge in [-0.05, 0) is 11.6 Å². The molecular formula is C8H7F3N2S. The van der Waals surface area contributed by atoms with Gasteiger partial charge in [0.25, 0.3) is 0 Å². The van der Waals surface area contributed by atoms with Gasteiger partial charge in [-0.3, -0.25) is 4.98 Å². The summed E-state index contributed by atoms with van der Waals surface area (Å²) in [6.45, 7) is 0. The molecule has 0 aromatic carbocycles. The molecule has 0 aliphatic carbocycles. The van der Waals surface area contributed by atoms with E-state index >= 15 is 0 Å². The molecule has 0 aliphatic rings. The predicted octanol–water partition coefficient (Wildman–Crippen LogP) is 1.93. The molecule has 6 heteroatoms. The van der Waals surface area contributed by atoms with Crippen LogP contribution >= 0.6 is 12.2 Å². The van der Waals surface area contributed by atoms with E-state index in [2.05, 4.69) is 17.2 Å². The van der Waals surface area contributed by atoms with Crippen LogP contribution in [0.4, 0.5) is 13.2 Å². The highest BCUT2D eigenvalue weighted by molar-refractivity contribution is 7.80. The van der Waals surface area contributed by atoms with E-state index in [0.29, 0.717) is 0 Å². The van der Waals surface area contributed by atoms with E-state index in [1.54, 1.807) is 0 Å². The van der Waals surface area contributed by atoms with Gasteiger partial charge in [0.1, 0.15) is 0 Å². The zero-order valence-electron chi connectivity index (χ0n) is 7.01. The third-order valence-corrected chi connectivity index (χ3v) is 1.72. The van der Waals surface area contributed by atoms with Crippen molar-refractivity contribution in [3.8, 4) is 0 Å². The Labute approximate surface area is 83.9 Å². The summed E-state index contributed by atoms with van der Waals surface area (Å²) >= 11 is 4.54. The van der Waals surface area contributed by atoms with Crippen molar-refractivity contribution in [2.75, 3.05) is 0 Å². The van der Waals surface area contributed by atoms with Gasteiger partial charge in [0.05, 0.1) is 10.6 Å². The first-order valence-electron chi connectivity index (χ1n) is 3.69. The lowest BCUT2D eigenvalue weighted by molar-refractivity contribution is -0.138. The fourth-order valence-corrected chi connectivity index (χ4v) is 1.19. The highest BCUT2D eigenvalue weighted by Gasteiger charge is 2.33. The van der Waals surface area contributed by atoms with Crippen molar-refractivity contribution >= 4 is 17.2 Å².